The highest BCUT2D eigenvalue weighted by Gasteiger charge is 2.49. The Balaban J connectivity index is 1.35. The molecule has 0 spiro atoms. The van der Waals surface area contributed by atoms with Crippen LogP contribution < -0.4 is 0 Å². The van der Waals surface area contributed by atoms with E-state index in [1.54, 1.807) is 0 Å². The quantitative estimate of drug-likeness (QED) is 0.552. The first-order chi connectivity index (χ1) is 10.3. The molecule has 0 saturated heterocycles. The second-order valence-corrected chi connectivity index (χ2v) is 8.49. The van der Waals surface area contributed by atoms with Gasteiger partial charge < -0.3 is 5.11 Å². The summed E-state index contributed by atoms with van der Waals surface area (Å²) in [4.78, 5) is 0. The van der Waals surface area contributed by atoms with Gasteiger partial charge in [0, 0.05) is 0 Å². The van der Waals surface area contributed by atoms with E-state index in [1.807, 2.05) is 0 Å². The zero-order chi connectivity index (χ0) is 14.7. The molecular formula is C20H36O. The van der Waals surface area contributed by atoms with Crippen molar-refractivity contribution >= 4 is 0 Å². The highest BCUT2D eigenvalue weighted by Crippen LogP contribution is 2.57. The molecule has 122 valence electrons. The smallest absolute Gasteiger partial charge is 0.0573 e. The molecule has 4 saturated carbocycles. The van der Waals surface area contributed by atoms with E-state index in [9.17, 15) is 5.11 Å². The molecule has 1 heteroatoms. The maximum Gasteiger partial charge on any atom is 0.0573 e. The Morgan fingerprint density at radius 3 is 1.86 bits per heavy atom. The first kappa shape index (κ1) is 15.8. The second-order valence-electron chi connectivity index (χ2n) is 8.49. The van der Waals surface area contributed by atoms with E-state index >= 15 is 0 Å². The van der Waals surface area contributed by atoms with Gasteiger partial charge in [0.1, 0.15) is 0 Å². The lowest BCUT2D eigenvalue weighted by molar-refractivity contribution is -0.0915. The summed E-state index contributed by atoms with van der Waals surface area (Å²) < 4.78 is 0. The van der Waals surface area contributed by atoms with Crippen LogP contribution in [0.25, 0.3) is 0 Å². The Kier molecular flexibility index (Phi) is 5.65. The fourth-order valence-electron chi connectivity index (χ4n) is 6.10. The monoisotopic (exact) mass is 292 g/mol. The van der Waals surface area contributed by atoms with Crippen molar-refractivity contribution in [2.75, 3.05) is 0 Å². The summed E-state index contributed by atoms with van der Waals surface area (Å²) in [5.74, 6) is 4.53. The van der Waals surface area contributed by atoms with Crippen LogP contribution in [-0.4, -0.2) is 11.2 Å². The predicted molar refractivity (Wildman–Crippen MR) is 89.2 cm³/mol. The summed E-state index contributed by atoms with van der Waals surface area (Å²) in [6.07, 6.45) is 18.0. The molecule has 0 aromatic heterocycles. The molecule has 4 fully saturated rings. The van der Waals surface area contributed by atoms with Crippen molar-refractivity contribution in [1.29, 1.82) is 0 Å². The molecule has 4 rings (SSSR count). The van der Waals surface area contributed by atoms with Crippen LogP contribution in [0.15, 0.2) is 0 Å². The molecule has 4 aliphatic carbocycles. The minimum Gasteiger partial charge on any atom is -0.393 e. The average molecular weight is 293 g/mol. The molecule has 21 heavy (non-hydrogen) atoms. The highest BCUT2D eigenvalue weighted by atomic mass is 16.3. The Bertz CT molecular complexity index is 283. The summed E-state index contributed by atoms with van der Waals surface area (Å²) >= 11 is 0. The number of aliphatic hydroxyl groups excluding tert-OH is 1. The number of hydrogen-bond acceptors (Lipinski definition) is 1. The van der Waals surface area contributed by atoms with Crippen LogP contribution in [0.4, 0.5) is 0 Å². The SMILES string of the molecule is CCCCCCCCCC(O)C1C2CC3CC(C2)CC1C3. The van der Waals surface area contributed by atoms with Gasteiger partial charge in [0.25, 0.3) is 0 Å². The summed E-state index contributed by atoms with van der Waals surface area (Å²) in [5, 5.41) is 10.7. The molecule has 0 aromatic rings. The molecule has 1 nitrogen and oxygen atoms in total. The van der Waals surface area contributed by atoms with Crippen molar-refractivity contribution in [2.24, 2.45) is 29.6 Å². The first-order valence-corrected chi connectivity index (χ1v) is 9.96. The topological polar surface area (TPSA) is 20.2 Å². The van der Waals surface area contributed by atoms with Crippen LogP contribution >= 0.6 is 0 Å². The molecule has 1 N–H and O–H groups in total. The predicted octanol–water partition coefficient (Wildman–Crippen LogP) is 5.56. The Morgan fingerprint density at radius 1 is 0.762 bits per heavy atom. The average Bonchev–Trinajstić information content (AvgIpc) is 2.45. The Hall–Kier alpha value is -0.0400. The van der Waals surface area contributed by atoms with Gasteiger partial charge in [-0.15, -0.1) is 0 Å². The lowest BCUT2D eigenvalue weighted by atomic mass is 9.50. The van der Waals surface area contributed by atoms with Gasteiger partial charge in [0.2, 0.25) is 0 Å². The Morgan fingerprint density at radius 2 is 1.29 bits per heavy atom. The van der Waals surface area contributed by atoms with Crippen molar-refractivity contribution in [3.05, 3.63) is 0 Å². The minimum atomic E-state index is 0.0237. The third kappa shape index (κ3) is 3.84. The fraction of sp³-hybridized carbons (Fsp3) is 1.00. The van der Waals surface area contributed by atoms with Crippen LogP contribution in [0.1, 0.15) is 90.4 Å². The molecular weight excluding hydrogens is 256 g/mol. The van der Waals surface area contributed by atoms with Gasteiger partial charge in [-0.05, 0) is 68.1 Å². The molecule has 0 heterocycles. The summed E-state index contributed by atoms with van der Waals surface area (Å²) in [6, 6.07) is 0. The summed E-state index contributed by atoms with van der Waals surface area (Å²) in [7, 11) is 0. The van der Waals surface area contributed by atoms with E-state index in [0.29, 0.717) is 5.92 Å². The molecule has 0 aromatic carbocycles. The van der Waals surface area contributed by atoms with Gasteiger partial charge in [0.05, 0.1) is 6.10 Å². The van der Waals surface area contributed by atoms with Crippen LogP contribution in [0, 0.1) is 29.6 Å². The maximum absolute atomic E-state index is 10.7. The van der Waals surface area contributed by atoms with E-state index in [2.05, 4.69) is 6.92 Å². The number of unbranched alkanes of at least 4 members (excludes halogenated alkanes) is 6. The summed E-state index contributed by atoms with van der Waals surface area (Å²) in [6.45, 7) is 2.28. The zero-order valence-electron chi connectivity index (χ0n) is 14.1. The van der Waals surface area contributed by atoms with Crippen molar-refractivity contribution in [3.63, 3.8) is 0 Å². The lowest BCUT2D eigenvalue weighted by Crippen LogP contribution is -2.49. The molecule has 0 aliphatic heterocycles. The molecule has 4 aliphatic rings. The van der Waals surface area contributed by atoms with Crippen LogP contribution in [0.2, 0.25) is 0 Å². The lowest BCUT2D eigenvalue weighted by Gasteiger charge is -2.55. The van der Waals surface area contributed by atoms with E-state index in [-0.39, 0.29) is 6.10 Å². The maximum atomic E-state index is 10.7. The van der Waals surface area contributed by atoms with Crippen molar-refractivity contribution in [2.45, 2.75) is 96.5 Å². The van der Waals surface area contributed by atoms with Crippen molar-refractivity contribution < 1.29 is 5.11 Å². The third-order valence-electron chi connectivity index (χ3n) is 6.85. The van der Waals surface area contributed by atoms with Crippen LogP contribution in [0.3, 0.4) is 0 Å². The molecule has 0 amide bonds. The van der Waals surface area contributed by atoms with Gasteiger partial charge >= 0.3 is 0 Å². The molecule has 4 bridgehead atoms. The van der Waals surface area contributed by atoms with Gasteiger partial charge in [-0.1, -0.05) is 51.9 Å². The van der Waals surface area contributed by atoms with Crippen LogP contribution in [-0.2, 0) is 0 Å². The van der Waals surface area contributed by atoms with E-state index < -0.39 is 0 Å². The standard InChI is InChI=1S/C20H36O/c1-2-3-4-5-6-7-8-9-19(21)20-17-11-15-10-16(13-17)14-18(20)12-15/h15-21H,2-14H2,1H3. The largest absolute Gasteiger partial charge is 0.393 e. The molecule has 0 radical (unpaired) electrons. The second kappa shape index (κ2) is 7.49. The van der Waals surface area contributed by atoms with E-state index in [1.165, 1.54) is 77.0 Å². The van der Waals surface area contributed by atoms with Crippen LogP contribution in [0.5, 0.6) is 0 Å². The minimum absolute atomic E-state index is 0.0237. The number of rotatable bonds is 9. The number of aliphatic hydroxyl groups is 1. The molecule has 1 unspecified atom stereocenters. The van der Waals surface area contributed by atoms with Gasteiger partial charge in [0.15, 0.2) is 0 Å². The fourth-order valence-corrected chi connectivity index (χ4v) is 6.10. The first-order valence-electron chi connectivity index (χ1n) is 9.96. The Labute approximate surface area is 131 Å². The summed E-state index contributed by atoms with van der Waals surface area (Å²) in [5.41, 5.74) is 0. The number of hydrogen-bond donors (Lipinski definition) is 1. The van der Waals surface area contributed by atoms with Gasteiger partial charge in [-0.3, -0.25) is 0 Å². The van der Waals surface area contributed by atoms with E-state index in [4.69, 9.17) is 0 Å². The normalized spacial score (nSPS) is 38.9. The van der Waals surface area contributed by atoms with Gasteiger partial charge in [-0.2, -0.15) is 0 Å². The van der Waals surface area contributed by atoms with Crippen molar-refractivity contribution in [3.8, 4) is 0 Å². The zero-order valence-corrected chi connectivity index (χ0v) is 14.1. The molecule has 1 atom stereocenters. The van der Waals surface area contributed by atoms with Crippen molar-refractivity contribution in [1.82, 2.24) is 0 Å². The third-order valence-corrected chi connectivity index (χ3v) is 6.85. The highest BCUT2D eigenvalue weighted by molar-refractivity contribution is 5.00. The van der Waals surface area contributed by atoms with E-state index in [0.717, 1.165) is 30.1 Å². The van der Waals surface area contributed by atoms with Gasteiger partial charge in [-0.25, -0.2) is 0 Å².